The number of fused-ring (bicyclic) bond motifs is 4. The van der Waals surface area contributed by atoms with E-state index in [0.717, 1.165) is 32.5 Å². The van der Waals surface area contributed by atoms with Crippen molar-refractivity contribution >= 4 is 28.5 Å². The summed E-state index contributed by atoms with van der Waals surface area (Å²) in [5.74, 6) is 0. The fourth-order valence-electron chi connectivity index (χ4n) is 10.8. The van der Waals surface area contributed by atoms with Crippen molar-refractivity contribution in [2.75, 3.05) is 0 Å². The van der Waals surface area contributed by atoms with Gasteiger partial charge in [-0.25, -0.2) is 0 Å². The summed E-state index contributed by atoms with van der Waals surface area (Å²) in [4.78, 5) is 9.05. The molecule has 1 fully saturated rings. The molecule has 0 atom stereocenters. The number of rotatable bonds is 4. The smallest absolute Gasteiger partial charge is 0.399 e. The zero-order valence-electron chi connectivity index (χ0n) is 43.0. The molecule has 2 aliphatic carbocycles. The molecule has 0 spiro atoms. The van der Waals surface area contributed by atoms with E-state index in [4.69, 9.17) is 9.31 Å². The van der Waals surface area contributed by atoms with E-state index in [0.29, 0.717) is 0 Å². The molecule has 0 bridgehead atoms. The molecular weight excluding hydrogens is 919 g/mol. The quantitative estimate of drug-likeness (QED) is 0.165. The highest BCUT2D eigenvalue weighted by atomic mass is 79.9. The molecule has 1 saturated heterocycles. The topological polar surface area (TPSA) is 44.2 Å². The Morgan fingerprint density at radius 1 is 0.343 bits per heavy atom. The highest BCUT2D eigenvalue weighted by molar-refractivity contribution is 9.10. The van der Waals surface area contributed by atoms with Crippen LogP contribution in [0.3, 0.4) is 0 Å². The summed E-state index contributed by atoms with van der Waals surface area (Å²) >= 11 is 3.62. The van der Waals surface area contributed by atoms with Crippen molar-refractivity contribution in [3.05, 3.63) is 231 Å². The van der Waals surface area contributed by atoms with Gasteiger partial charge in [-0.2, -0.15) is 0 Å². The first-order valence-corrected chi connectivity index (χ1v) is 25.5. The first-order chi connectivity index (χ1) is 33.1. The Bertz CT molecular complexity index is 3180. The molecule has 6 heteroatoms. The molecule has 1 aliphatic heterocycles. The Kier molecular flexibility index (Phi) is 12.9. The third-order valence-corrected chi connectivity index (χ3v) is 16.3. The van der Waals surface area contributed by atoms with Gasteiger partial charge in [0.15, 0.2) is 0 Å². The number of hydrogen-bond acceptors (Lipinski definition) is 4. The van der Waals surface area contributed by atoms with E-state index in [1.165, 1.54) is 55.6 Å². The average Bonchev–Trinajstić information content (AvgIpc) is 3.59. The van der Waals surface area contributed by atoms with Gasteiger partial charge in [0.25, 0.3) is 0 Å². The maximum Gasteiger partial charge on any atom is 0.494 e. The number of aromatic nitrogens is 2. The van der Waals surface area contributed by atoms with Gasteiger partial charge in [-0.1, -0.05) is 199 Å². The highest BCUT2D eigenvalue weighted by Crippen LogP contribution is 2.52. The second kappa shape index (κ2) is 18.4. The maximum atomic E-state index is 6.09. The van der Waals surface area contributed by atoms with Crippen molar-refractivity contribution in [1.29, 1.82) is 0 Å². The summed E-state index contributed by atoms with van der Waals surface area (Å²) in [6.45, 7) is 27.0. The van der Waals surface area contributed by atoms with E-state index in [1.54, 1.807) is 0 Å². The summed E-state index contributed by atoms with van der Waals surface area (Å²) in [5.41, 5.74) is 18.6. The van der Waals surface area contributed by atoms with E-state index in [-0.39, 0.29) is 40.0 Å². The first-order valence-electron chi connectivity index (χ1n) is 24.7. The second-order valence-electron chi connectivity index (χ2n) is 22.3. The first kappa shape index (κ1) is 49.1. The lowest BCUT2D eigenvalue weighted by molar-refractivity contribution is 0.00578. The fourth-order valence-corrected chi connectivity index (χ4v) is 11.2. The fraction of sp³-hybridized carbons (Fsp3) is 0.281. The molecule has 0 radical (unpaired) electrons. The molecule has 3 heterocycles. The molecule has 70 heavy (non-hydrogen) atoms. The van der Waals surface area contributed by atoms with Crippen molar-refractivity contribution in [3.63, 3.8) is 0 Å². The van der Waals surface area contributed by atoms with E-state index >= 15 is 0 Å². The molecule has 11 rings (SSSR count). The molecule has 3 aliphatic rings. The summed E-state index contributed by atoms with van der Waals surface area (Å²) in [7, 11) is -0.347. The van der Waals surface area contributed by atoms with Gasteiger partial charge in [-0.05, 0) is 131 Å². The number of hydrogen-bond donors (Lipinski definition) is 0. The van der Waals surface area contributed by atoms with E-state index < -0.39 is 0 Å². The SMILES string of the molecule is CC1(C)OB(c2ccnc(-c3ccccc3)c2)OC1(C)C.CC1(C)c2ccccc2C(C)(C)c2cc(-c3ccnc(-c4ccccc4)c3)ccc21.CC1(C)c2ccccc2C(C)(C)c2cc(Br)ccc21. The van der Waals surface area contributed by atoms with E-state index in [2.05, 4.69) is 242 Å². The normalized spacial score (nSPS) is 17.8. The predicted molar refractivity (Wildman–Crippen MR) is 296 cm³/mol. The maximum absolute atomic E-state index is 6.09. The molecule has 8 aromatic rings. The molecule has 0 amide bonds. The Hall–Kier alpha value is -5.92. The number of nitrogens with zero attached hydrogens (tertiary/aromatic N) is 2. The van der Waals surface area contributed by atoms with Gasteiger partial charge in [0.1, 0.15) is 0 Å². The van der Waals surface area contributed by atoms with Gasteiger partial charge in [-0.15, -0.1) is 0 Å². The van der Waals surface area contributed by atoms with Crippen LogP contribution in [0.5, 0.6) is 0 Å². The summed E-state index contributed by atoms with van der Waals surface area (Å²) < 4.78 is 13.3. The monoisotopic (exact) mass is 984 g/mol. The zero-order chi connectivity index (χ0) is 49.9. The Labute approximate surface area is 426 Å². The van der Waals surface area contributed by atoms with Gasteiger partial charge in [0, 0.05) is 49.7 Å². The van der Waals surface area contributed by atoms with E-state index in [1.807, 2.05) is 48.8 Å². The minimum Gasteiger partial charge on any atom is -0.399 e. The van der Waals surface area contributed by atoms with Crippen molar-refractivity contribution in [1.82, 2.24) is 9.97 Å². The molecular formula is C64H66BBrN2O2. The van der Waals surface area contributed by atoms with Crippen LogP contribution in [0.1, 0.15) is 128 Å². The van der Waals surface area contributed by atoms with Crippen LogP contribution in [0.4, 0.5) is 0 Å². The van der Waals surface area contributed by atoms with Gasteiger partial charge < -0.3 is 9.31 Å². The molecule has 2 aromatic heterocycles. The third kappa shape index (κ3) is 8.93. The lowest BCUT2D eigenvalue weighted by Gasteiger charge is -2.44. The minimum atomic E-state index is -0.347. The van der Waals surface area contributed by atoms with Crippen LogP contribution in [0, 0.1) is 0 Å². The van der Waals surface area contributed by atoms with E-state index in [9.17, 15) is 0 Å². The molecule has 4 nitrogen and oxygen atoms in total. The molecule has 0 saturated carbocycles. The van der Waals surface area contributed by atoms with Gasteiger partial charge >= 0.3 is 7.12 Å². The minimum absolute atomic E-state index is 0.00653. The van der Waals surface area contributed by atoms with Crippen LogP contribution in [-0.2, 0) is 31.0 Å². The summed E-state index contributed by atoms with van der Waals surface area (Å²) in [6.07, 6.45) is 3.73. The van der Waals surface area contributed by atoms with Crippen LogP contribution in [-0.4, -0.2) is 28.3 Å². The lowest BCUT2D eigenvalue weighted by atomic mass is 9.60. The number of pyridine rings is 2. The molecule has 0 unspecified atom stereocenters. The van der Waals surface area contributed by atoms with Crippen LogP contribution in [0.15, 0.2) is 187 Å². The van der Waals surface area contributed by atoms with Gasteiger partial charge in [0.2, 0.25) is 0 Å². The van der Waals surface area contributed by atoms with Gasteiger partial charge in [-0.3, -0.25) is 9.97 Å². The Morgan fingerprint density at radius 2 is 0.714 bits per heavy atom. The van der Waals surface area contributed by atoms with Crippen LogP contribution in [0.2, 0.25) is 0 Å². The predicted octanol–water partition coefficient (Wildman–Crippen LogP) is 15.8. The van der Waals surface area contributed by atoms with Crippen LogP contribution in [0.25, 0.3) is 33.6 Å². The molecule has 6 aromatic carbocycles. The Balaban J connectivity index is 0.000000135. The molecule has 354 valence electrons. The van der Waals surface area contributed by atoms with Crippen molar-refractivity contribution in [2.24, 2.45) is 0 Å². The molecule has 0 N–H and O–H groups in total. The third-order valence-electron chi connectivity index (χ3n) is 15.8. The van der Waals surface area contributed by atoms with Crippen molar-refractivity contribution in [3.8, 4) is 33.6 Å². The average molecular weight is 986 g/mol. The van der Waals surface area contributed by atoms with Crippen LogP contribution >= 0.6 is 15.9 Å². The second-order valence-corrected chi connectivity index (χ2v) is 23.2. The Morgan fingerprint density at radius 3 is 1.20 bits per heavy atom. The number of benzene rings is 6. The van der Waals surface area contributed by atoms with Gasteiger partial charge in [0.05, 0.1) is 22.6 Å². The zero-order valence-corrected chi connectivity index (χ0v) is 44.6. The number of halogens is 1. The van der Waals surface area contributed by atoms with Crippen LogP contribution < -0.4 is 5.46 Å². The van der Waals surface area contributed by atoms with Crippen molar-refractivity contribution in [2.45, 2.75) is 116 Å². The summed E-state index contributed by atoms with van der Waals surface area (Å²) in [5, 5.41) is 0. The largest absolute Gasteiger partial charge is 0.494 e. The highest BCUT2D eigenvalue weighted by Gasteiger charge is 2.52. The van der Waals surface area contributed by atoms with Crippen molar-refractivity contribution < 1.29 is 9.31 Å². The standard InChI is InChI=1S/C29H27N.C18H19Br.C17H20BNO2/c1-28(2)23-12-8-9-13-24(23)29(3,4)26-18-21(14-15-25(26)28)22-16-17-30-27(19-22)20-10-6-5-7-11-20;1-17(2)13-7-5-6-8-14(13)18(3,4)16-11-12(19)9-10-15(16)17;1-16(2)17(3,4)21-18(20-16)14-10-11-19-15(12-14)13-8-6-5-7-9-13/h5-19H,1-4H3;5-11H,1-4H3;5-12H,1-4H3. The summed E-state index contributed by atoms with van der Waals surface area (Å²) in [6, 6.07) is 60.3. The lowest BCUT2D eigenvalue weighted by Crippen LogP contribution is -2.41.